The van der Waals surface area contributed by atoms with E-state index >= 15 is 0 Å². The van der Waals surface area contributed by atoms with Gasteiger partial charge in [-0.25, -0.2) is 9.50 Å². The molecule has 0 fully saturated rings. The maximum Gasteiger partial charge on any atom is 0.252 e. The fourth-order valence-corrected chi connectivity index (χ4v) is 3.41. The maximum atomic E-state index is 12.3. The van der Waals surface area contributed by atoms with Crippen molar-refractivity contribution in [2.24, 2.45) is 5.73 Å². The van der Waals surface area contributed by atoms with Gasteiger partial charge in [-0.2, -0.15) is 4.98 Å². The number of halogens is 1. The lowest BCUT2D eigenvalue weighted by molar-refractivity contribution is -0.121. The third-order valence-electron chi connectivity index (χ3n) is 5.06. The first-order valence-corrected chi connectivity index (χ1v) is 9.86. The lowest BCUT2D eigenvalue weighted by atomic mass is 10.1. The number of nitrogens with two attached hydrogens (primary N) is 1. The second kappa shape index (κ2) is 10.9. The molecule has 0 spiro atoms. The molecule has 0 aliphatic carbocycles. The van der Waals surface area contributed by atoms with E-state index in [0.717, 1.165) is 22.5 Å². The number of amides is 1. The van der Waals surface area contributed by atoms with Gasteiger partial charge < -0.3 is 20.5 Å². The van der Waals surface area contributed by atoms with E-state index in [0.29, 0.717) is 48.9 Å². The van der Waals surface area contributed by atoms with Crippen LogP contribution in [0.4, 0.5) is 0 Å². The number of ether oxygens (including phenoxy) is 2. The Balaban J connectivity index is 0.00000341. The molecule has 2 heterocycles. The highest BCUT2D eigenvalue weighted by Crippen LogP contribution is 2.27. The zero-order valence-corrected chi connectivity index (χ0v) is 19.1. The molecule has 0 saturated carbocycles. The zero-order chi connectivity index (χ0) is 21.7. The molecule has 0 atom stereocenters. The van der Waals surface area contributed by atoms with Crippen molar-refractivity contribution < 1.29 is 14.3 Å². The molecule has 1 amide bonds. The smallest absolute Gasteiger partial charge is 0.252 e. The van der Waals surface area contributed by atoms with Gasteiger partial charge in [0, 0.05) is 24.4 Å². The monoisotopic (exact) mass is 448 g/mol. The minimum absolute atomic E-state index is 0. The Labute approximate surface area is 187 Å². The molecule has 3 rings (SSSR count). The fourth-order valence-electron chi connectivity index (χ4n) is 3.41. The molecule has 3 N–H and O–H groups in total. The Morgan fingerprint density at radius 1 is 1.13 bits per heavy atom. The predicted molar refractivity (Wildman–Crippen MR) is 120 cm³/mol. The fraction of sp³-hybridized carbons (Fsp3) is 0.429. The minimum atomic E-state index is -0.00406. The Hall–Kier alpha value is -2.91. The summed E-state index contributed by atoms with van der Waals surface area (Å²) in [7, 11) is 3.21. The van der Waals surface area contributed by atoms with E-state index in [4.69, 9.17) is 15.2 Å². The van der Waals surface area contributed by atoms with Crippen LogP contribution in [0.3, 0.4) is 0 Å². The zero-order valence-electron chi connectivity index (χ0n) is 18.3. The van der Waals surface area contributed by atoms with Crippen LogP contribution in [0.1, 0.15) is 34.8 Å². The van der Waals surface area contributed by atoms with E-state index < -0.39 is 0 Å². The third-order valence-corrected chi connectivity index (χ3v) is 5.06. The van der Waals surface area contributed by atoms with Crippen LogP contribution < -0.4 is 20.5 Å². The van der Waals surface area contributed by atoms with Crippen molar-refractivity contribution >= 4 is 24.1 Å². The number of benzene rings is 1. The quantitative estimate of drug-likeness (QED) is 0.513. The van der Waals surface area contributed by atoms with Crippen molar-refractivity contribution in [2.45, 2.75) is 39.7 Å². The van der Waals surface area contributed by atoms with Crippen molar-refractivity contribution in [2.75, 3.05) is 20.8 Å². The largest absolute Gasteiger partial charge is 0.493 e. The molecular formula is C21H29ClN6O3. The van der Waals surface area contributed by atoms with Crippen LogP contribution in [-0.4, -0.2) is 46.3 Å². The van der Waals surface area contributed by atoms with Crippen LogP contribution >= 0.6 is 12.4 Å². The molecule has 0 aliphatic heterocycles. The van der Waals surface area contributed by atoms with E-state index in [1.165, 1.54) is 0 Å². The van der Waals surface area contributed by atoms with Gasteiger partial charge in [0.2, 0.25) is 5.91 Å². The molecule has 0 bridgehead atoms. The highest BCUT2D eigenvalue weighted by atomic mass is 35.5. The first-order valence-electron chi connectivity index (χ1n) is 9.86. The standard InChI is InChI=1S/C21H28N6O3.ClH/c1-13-16(14(2)27-21(24-13)25-19(12-22)26-27)6-8-20(28)23-10-9-15-5-7-17(29-3)18(11-15)30-4;/h5,7,11H,6,8-10,12,22H2,1-4H3,(H,23,28);1H. The minimum Gasteiger partial charge on any atom is -0.493 e. The second-order valence-corrected chi connectivity index (χ2v) is 6.99. The average molecular weight is 449 g/mol. The molecule has 2 aromatic heterocycles. The molecule has 31 heavy (non-hydrogen) atoms. The lowest BCUT2D eigenvalue weighted by Crippen LogP contribution is -2.26. The van der Waals surface area contributed by atoms with Gasteiger partial charge in [0.1, 0.15) is 0 Å². The van der Waals surface area contributed by atoms with Gasteiger partial charge in [0.25, 0.3) is 5.78 Å². The van der Waals surface area contributed by atoms with Crippen molar-refractivity contribution in [3.63, 3.8) is 0 Å². The van der Waals surface area contributed by atoms with Crippen LogP contribution in [0, 0.1) is 13.8 Å². The molecular weight excluding hydrogens is 420 g/mol. The number of carbonyl (C=O) groups is 1. The van der Waals surface area contributed by atoms with Gasteiger partial charge in [0.05, 0.1) is 20.8 Å². The summed E-state index contributed by atoms with van der Waals surface area (Å²) in [5.74, 6) is 2.45. The first-order chi connectivity index (χ1) is 14.5. The number of hydrogen-bond acceptors (Lipinski definition) is 7. The van der Waals surface area contributed by atoms with Gasteiger partial charge in [-0.1, -0.05) is 6.07 Å². The Bertz CT molecular complexity index is 1050. The number of carbonyl (C=O) groups excluding carboxylic acids is 1. The Kier molecular flexibility index (Phi) is 8.58. The summed E-state index contributed by atoms with van der Waals surface area (Å²) >= 11 is 0. The molecule has 10 heteroatoms. The normalized spacial score (nSPS) is 10.6. The lowest BCUT2D eigenvalue weighted by Gasteiger charge is -2.11. The van der Waals surface area contributed by atoms with Gasteiger partial charge in [-0.15, -0.1) is 17.5 Å². The first kappa shape index (κ1) is 24.4. The summed E-state index contributed by atoms with van der Waals surface area (Å²) in [6, 6.07) is 5.76. The van der Waals surface area contributed by atoms with E-state index in [2.05, 4.69) is 20.4 Å². The van der Waals surface area contributed by atoms with Crippen LogP contribution in [0.5, 0.6) is 11.5 Å². The average Bonchev–Trinajstić information content (AvgIpc) is 3.16. The number of hydrogen-bond donors (Lipinski definition) is 2. The maximum absolute atomic E-state index is 12.3. The summed E-state index contributed by atoms with van der Waals surface area (Å²) in [5.41, 5.74) is 9.49. The van der Waals surface area contributed by atoms with Crippen LogP contribution in [0.25, 0.3) is 5.78 Å². The molecule has 0 saturated heterocycles. The number of fused-ring (bicyclic) bond motifs is 1. The van der Waals surface area contributed by atoms with Crippen molar-refractivity contribution in [3.8, 4) is 11.5 Å². The summed E-state index contributed by atoms with van der Waals surface area (Å²) in [4.78, 5) is 21.1. The van der Waals surface area contributed by atoms with E-state index in [1.807, 2.05) is 32.0 Å². The van der Waals surface area contributed by atoms with E-state index in [-0.39, 0.29) is 24.9 Å². The molecule has 1 aromatic carbocycles. The van der Waals surface area contributed by atoms with Gasteiger partial charge in [-0.05, 0) is 49.9 Å². The van der Waals surface area contributed by atoms with Crippen molar-refractivity contribution in [1.82, 2.24) is 24.9 Å². The van der Waals surface area contributed by atoms with Crippen LogP contribution in [0.2, 0.25) is 0 Å². The highest BCUT2D eigenvalue weighted by Gasteiger charge is 2.14. The molecule has 0 aliphatic rings. The number of aryl methyl sites for hydroxylation is 2. The Morgan fingerprint density at radius 3 is 2.55 bits per heavy atom. The van der Waals surface area contributed by atoms with Crippen molar-refractivity contribution in [3.05, 3.63) is 46.5 Å². The molecule has 9 nitrogen and oxygen atoms in total. The third kappa shape index (κ3) is 5.62. The van der Waals surface area contributed by atoms with Gasteiger partial charge in [-0.3, -0.25) is 4.79 Å². The van der Waals surface area contributed by atoms with Crippen LogP contribution in [0.15, 0.2) is 18.2 Å². The number of nitrogens with one attached hydrogen (secondary N) is 1. The topological polar surface area (TPSA) is 117 Å². The van der Waals surface area contributed by atoms with Gasteiger partial charge >= 0.3 is 0 Å². The molecule has 168 valence electrons. The number of rotatable bonds is 9. The summed E-state index contributed by atoms with van der Waals surface area (Å²) in [6.45, 7) is 4.70. The molecule has 3 aromatic rings. The molecule has 0 radical (unpaired) electrons. The SMILES string of the molecule is COc1ccc(CCNC(=O)CCc2c(C)nc3nc(CN)nn3c2C)cc1OC.Cl. The summed E-state index contributed by atoms with van der Waals surface area (Å²) in [5, 5.41) is 7.34. The number of aromatic nitrogens is 4. The van der Waals surface area contributed by atoms with E-state index in [1.54, 1.807) is 18.7 Å². The molecule has 0 unspecified atom stereocenters. The Morgan fingerprint density at radius 2 is 1.87 bits per heavy atom. The number of methoxy groups -OCH3 is 2. The van der Waals surface area contributed by atoms with Gasteiger partial charge in [0.15, 0.2) is 17.3 Å². The predicted octanol–water partition coefficient (Wildman–Crippen LogP) is 1.93. The van der Waals surface area contributed by atoms with E-state index in [9.17, 15) is 4.79 Å². The summed E-state index contributed by atoms with van der Waals surface area (Å²) < 4.78 is 12.3. The van der Waals surface area contributed by atoms with Crippen LogP contribution in [-0.2, 0) is 24.2 Å². The number of nitrogens with zero attached hydrogens (tertiary/aromatic N) is 4. The van der Waals surface area contributed by atoms with Crippen molar-refractivity contribution in [1.29, 1.82) is 0 Å². The second-order valence-electron chi connectivity index (χ2n) is 6.99. The highest BCUT2D eigenvalue weighted by molar-refractivity contribution is 5.85. The summed E-state index contributed by atoms with van der Waals surface area (Å²) in [6.07, 6.45) is 1.67.